The van der Waals surface area contributed by atoms with E-state index in [1.165, 1.54) is 5.57 Å². The number of benzene rings is 1. The maximum atomic E-state index is 10.2. The minimum Gasteiger partial charge on any atom is -0.376 e. The summed E-state index contributed by atoms with van der Waals surface area (Å²) in [6.45, 7) is 5.99. The number of aliphatic hydroxyl groups is 1. The Bertz CT molecular complexity index is 540. The lowest BCUT2D eigenvalue weighted by Gasteiger charge is -2.23. The molecule has 0 spiro atoms. The van der Waals surface area contributed by atoms with E-state index in [4.69, 9.17) is 0 Å². The van der Waals surface area contributed by atoms with E-state index in [-0.39, 0.29) is 0 Å². The predicted molar refractivity (Wildman–Crippen MR) is 80.4 cm³/mol. The minimum atomic E-state index is -0.638. The molecule has 2 rings (SSSR count). The summed E-state index contributed by atoms with van der Waals surface area (Å²) in [5.74, 6) is 5.66. The zero-order valence-corrected chi connectivity index (χ0v) is 11.4. The van der Waals surface area contributed by atoms with Crippen LogP contribution in [0.25, 0.3) is 5.57 Å². The van der Waals surface area contributed by atoms with Gasteiger partial charge < -0.3 is 5.11 Å². The first kappa shape index (κ1) is 13.6. The van der Waals surface area contributed by atoms with E-state index in [2.05, 4.69) is 30.6 Å². The molecule has 0 aliphatic heterocycles. The molecule has 1 aromatic carbocycles. The Labute approximate surface area is 115 Å². The van der Waals surface area contributed by atoms with Crippen LogP contribution in [0.15, 0.2) is 48.1 Å². The summed E-state index contributed by atoms with van der Waals surface area (Å²) in [5, 5.41) is 10.2. The van der Waals surface area contributed by atoms with E-state index >= 15 is 0 Å². The average molecular weight is 252 g/mol. The van der Waals surface area contributed by atoms with Crippen LogP contribution in [0.5, 0.6) is 0 Å². The lowest BCUT2D eigenvalue weighted by atomic mass is 9.83. The number of hydrogen-bond donors (Lipinski definition) is 1. The van der Waals surface area contributed by atoms with Crippen molar-refractivity contribution in [3.63, 3.8) is 0 Å². The highest BCUT2D eigenvalue weighted by Gasteiger charge is 2.20. The van der Waals surface area contributed by atoms with Crippen molar-refractivity contribution >= 4 is 5.57 Å². The van der Waals surface area contributed by atoms with Crippen LogP contribution in [-0.4, -0.2) is 11.2 Å². The largest absolute Gasteiger partial charge is 0.376 e. The molecule has 98 valence electrons. The maximum absolute atomic E-state index is 10.2. The van der Waals surface area contributed by atoms with Crippen LogP contribution in [0, 0.1) is 11.8 Å². The van der Waals surface area contributed by atoms with Crippen LogP contribution >= 0.6 is 0 Å². The normalized spacial score (nSPS) is 16.5. The Morgan fingerprint density at radius 2 is 1.89 bits per heavy atom. The molecule has 19 heavy (non-hydrogen) atoms. The second-order valence-electron chi connectivity index (χ2n) is 4.85. The van der Waals surface area contributed by atoms with Gasteiger partial charge >= 0.3 is 0 Å². The molecule has 1 atom stereocenters. The standard InChI is InChI=1S/C18H20O/c1-3-9-18(19)17-13-8-7-12-16(17)14(2)15-10-5-4-6-11-15/h4-6,10-11,18-19H,2,7-8,12-13H2,1H3. The second kappa shape index (κ2) is 6.41. The molecule has 0 saturated heterocycles. The lowest BCUT2D eigenvalue weighted by molar-refractivity contribution is 0.259. The van der Waals surface area contributed by atoms with Gasteiger partial charge in [-0.15, -0.1) is 5.92 Å². The van der Waals surface area contributed by atoms with Gasteiger partial charge in [0.15, 0.2) is 0 Å². The number of allylic oxidation sites excluding steroid dienone is 2. The zero-order valence-electron chi connectivity index (χ0n) is 11.4. The molecule has 0 amide bonds. The Hall–Kier alpha value is -1.78. The van der Waals surface area contributed by atoms with Gasteiger partial charge in [-0.2, -0.15) is 0 Å². The fourth-order valence-corrected chi connectivity index (χ4v) is 2.61. The summed E-state index contributed by atoms with van der Waals surface area (Å²) in [4.78, 5) is 0. The monoisotopic (exact) mass is 252 g/mol. The van der Waals surface area contributed by atoms with Crippen LogP contribution in [0.2, 0.25) is 0 Å². The van der Waals surface area contributed by atoms with Gasteiger partial charge in [-0.1, -0.05) is 42.8 Å². The highest BCUT2D eigenvalue weighted by molar-refractivity contribution is 5.78. The minimum absolute atomic E-state index is 0.638. The topological polar surface area (TPSA) is 20.2 Å². The van der Waals surface area contributed by atoms with Crippen LogP contribution in [0.3, 0.4) is 0 Å². The van der Waals surface area contributed by atoms with E-state index < -0.39 is 6.10 Å². The van der Waals surface area contributed by atoms with Crippen molar-refractivity contribution in [3.8, 4) is 11.8 Å². The molecular weight excluding hydrogens is 232 g/mol. The molecule has 1 heteroatoms. The third kappa shape index (κ3) is 3.16. The third-order valence-electron chi connectivity index (χ3n) is 3.61. The van der Waals surface area contributed by atoms with Crippen LogP contribution in [0.4, 0.5) is 0 Å². The van der Waals surface area contributed by atoms with Gasteiger partial charge in [-0.25, -0.2) is 0 Å². The number of rotatable bonds is 3. The summed E-state index contributed by atoms with van der Waals surface area (Å²) in [5.41, 5.74) is 4.43. The Morgan fingerprint density at radius 1 is 1.21 bits per heavy atom. The lowest BCUT2D eigenvalue weighted by Crippen LogP contribution is -2.14. The van der Waals surface area contributed by atoms with Crippen molar-refractivity contribution in [2.45, 2.75) is 38.7 Å². The zero-order chi connectivity index (χ0) is 13.7. The van der Waals surface area contributed by atoms with Crippen LogP contribution < -0.4 is 0 Å². The van der Waals surface area contributed by atoms with E-state index in [0.717, 1.165) is 42.4 Å². The quantitative estimate of drug-likeness (QED) is 0.807. The molecule has 1 aromatic rings. The summed E-state index contributed by atoms with van der Waals surface area (Å²) in [7, 11) is 0. The fraction of sp³-hybridized carbons (Fsp3) is 0.333. The smallest absolute Gasteiger partial charge is 0.136 e. The van der Waals surface area contributed by atoms with Crippen LogP contribution in [-0.2, 0) is 0 Å². The first-order valence-corrected chi connectivity index (χ1v) is 6.81. The molecule has 0 heterocycles. The summed E-state index contributed by atoms with van der Waals surface area (Å²) in [6.07, 6.45) is 3.57. The molecule has 0 bridgehead atoms. The van der Waals surface area contributed by atoms with Crippen molar-refractivity contribution in [1.82, 2.24) is 0 Å². The first-order chi connectivity index (χ1) is 9.24. The van der Waals surface area contributed by atoms with Gasteiger partial charge in [-0.3, -0.25) is 0 Å². The van der Waals surface area contributed by atoms with Crippen molar-refractivity contribution in [1.29, 1.82) is 0 Å². The molecule has 0 aromatic heterocycles. The second-order valence-corrected chi connectivity index (χ2v) is 4.85. The van der Waals surface area contributed by atoms with Gasteiger partial charge in [0.2, 0.25) is 0 Å². The molecule has 1 aliphatic rings. The van der Waals surface area contributed by atoms with Gasteiger partial charge in [0.05, 0.1) is 0 Å². The summed E-state index contributed by atoms with van der Waals surface area (Å²) in [6, 6.07) is 10.2. The van der Waals surface area contributed by atoms with E-state index in [0.29, 0.717) is 0 Å². The maximum Gasteiger partial charge on any atom is 0.136 e. The highest BCUT2D eigenvalue weighted by atomic mass is 16.3. The Balaban J connectivity index is 2.37. The van der Waals surface area contributed by atoms with Gasteiger partial charge in [0, 0.05) is 0 Å². The van der Waals surface area contributed by atoms with E-state index in [1.54, 1.807) is 6.92 Å². The van der Waals surface area contributed by atoms with Crippen molar-refractivity contribution in [2.75, 3.05) is 0 Å². The molecule has 0 fully saturated rings. The van der Waals surface area contributed by atoms with E-state index in [1.807, 2.05) is 18.2 Å². The van der Waals surface area contributed by atoms with Crippen molar-refractivity contribution in [2.24, 2.45) is 0 Å². The molecule has 0 saturated carbocycles. The molecule has 1 N–H and O–H groups in total. The first-order valence-electron chi connectivity index (χ1n) is 6.81. The molecule has 1 nitrogen and oxygen atoms in total. The van der Waals surface area contributed by atoms with E-state index in [9.17, 15) is 5.11 Å². The third-order valence-corrected chi connectivity index (χ3v) is 3.61. The fourth-order valence-electron chi connectivity index (χ4n) is 2.61. The Morgan fingerprint density at radius 3 is 2.58 bits per heavy atom. The molecular formula is C18H20O. The molecule has 0 radical (unpaired) electrons. The SMILES string of the molecule is C=C(C1=C(C(O)C#CC)CCCC1)c1ccccc1. The highest BCUT2D eigenvalue weighted by Crippen LogP contribution is 2.35. The van der Waals surface area contributed by atoms with Gasteiger partial charge in [0.1, 0.15) is 6.10 Å². The van der Waals surface area contributed by atoms with Gasteiger partial charge in [-0.05, 0) is 54.9 Å². The van der Waals surface area contributed by atoms with Crippen LogP contribution in [0.1, 0.15) is 38.2 Å². The average Bonchev–Trinajstić information content (AvgIpc) is 2.47. The predicted octanol–water partition coefficient (Wildman–Crippen LogP) is 3.95. The summed E-state index contributed by atoms with van der Waals surface area (Å²) < 4.78 is 0. The number of aliphatic hydroxyl groups excluding tert-OH is 1. The van der Waals surface area contributed by atoms with Crippen molar-refractivity contribution in [3.05, 3.63) is 53.6 Å². The summed E-state index contributed by atoms with van der Waals surface area (Å²) >= 11 is 0. The van der Waals surface area contributed by atoms with Gasteiger partial charge in [0.25, 0.3) is 0 Å². The Kier molecular flexibility index (Phi) is 4.60. The molecule has 1 aliphatic carbocycles. The van der Waals surface area contributed by atoms with Crippen molar-refractivity contribution < 1.29 is 5.11 Å². The molecule has 1 unspecified atom stereocenters. The number of hydrogen-bond acceptors (Lipinski definition) is 1.